The molecule has 1 aromatic heterocycles. The quantitative estimate of drug-likeness (QED) is 0.658. The zero-order valence-corrected chi connectivity index (χ0v) is 11.0. The van der Waals surface area contributed by atoms with E-state index in [4.69, 9.17) is 22.6 Å². The molecule has 2 rings (SSSR count). The molecule has 1 aromatic carbocycles. The van der Waals surface area contributed by atoms with E-state index in [1.54, 1.807) is 6.07 Å². The highest BCUT2D eigenvalue weighted by atomic mass is 35.5. The second kappa shape index (κ2) is 5.45. The maximum Gasteiger partial charge on any atom is 0.313 e. The predicted molar refractivity (Wildman–Crippen MR) is 68.9 cm³/mol. The lowest BCUT2D eigenvalue weighted by Crippen LogP contribution is -2.12. The van der Waals surface area contributed by atoms with Gasteiger partial charge in [0.2, 0.25) is 5.16 Å². The highest BCUT2D eigenvalue weighted by Gasteiger charge is 2.14. The maximum atomic E-state index is 13.3. The van der Waals surface area contributed by atoms with E-state index in [1.165, 1.54) is 12.1 Å². The first-order chi connectivity index (χ1) is 8.99. The van der Waals surface area contributed by atoms with E-state index in [0.29, 0.717) is 5.56 Å². The molecule has 0 spiro atoms. The van der Waals surface area contributed by atoms with Crippen LogP contribution in [0.5, 0.6) is 0 Å². The highest BCUT2D eigenvalue weighted by Crippen LogP contribution is 2.24. The monoisotopic (exact) mass is 302 g/mol. The summed E-state index contributed by atoms with van der Waals surface area (Å²) in [6, 6.07) is 4.11. The van der Waals surface area contributed by atoms with Gasteiger partial charge < -0.3 is 10.9 Å². The number of nitrogen functional groups attached to an aromatic ring is 1. The Morgan fingerprint density at radius 3 is 2.89 bits per heavy atom. The fraction of sp³-hybridized carbons (Fsp3) is 0.100. The van der Waals surface area contributed by atoms with E-state index in [2.05, 4.69) is 10.2 Å². The number of hydrogen-bond donors (Lipinski definition) is 2. The number of thioether (sulfide) groups is 1. The molecule has 6 nitrogen and oxygen atoms in total. The standard InChI is InChI=1S/C10H8ClFN4O2S/c11-6-2-1-5(3-7(6)12)9-14-15-10(16(9)13)19-4-8(17)18/h1-3H,4,13H2,(H,17,18). The first kappa shape index (κ1) is 13.6. The Morgan fingerprint density at radius 1 is 1.53 bits per heavy atom. The highest BCUT2D eigenvalue weighted by molar-refractivity contribution is 7.99. The molecule has 0 atom stereocenters. The summed E-state index contributed by atoms with van der Waals surface area (Å²) in [5.74, 6) is 4.18. The van der Waals surface area contributed by atoms with Crippen LogP contribution < -0.4 is 5.84 Å². The Kier molecular flexibility index (Phi) is 3.91. The predicted octanol–water partition coefficient (Wildman–Crippen LogP) is 1.63. The Labute approximate surface area is 116 Å². The lowest BCUT2D eigenvalue weighted by molar-refractivity contribution is -0.133. The average Bonchev–Trinajstić information content (AvgIpc) is 2.72. The molecule has 0 radical (unpaired) electrons. The average molecular weight is 303 g/mol. The molecule has 0 saturated heterocycles. The van der Waals surface area contributed by atoms with Crippen LogP contribution in [-0.4, -0.2) is 31.7 Å². The number of benzene rings is 1. The van der Waals surface area contributed by atoms with Crippen molar-refractivity contribution in [3.63, 3.8) is 0 Å². The number of nitrogens with zero attached hydrogens (tertiary/aromatic N) is 3. The summed E-state index contributed by atoms with van der Waals surface area (Å²) in [6.07, 6.45) is 0. The molecule has 100 valence electrons. The second-order valence-electron chi connectivity index (χ2n) is 3.49. The number of hydrogen-bond acceptors (Lipinski definition) is 5. The van der Waals surface area contributed by atoms with Crippen LogP contribution in [-0.2, 0) is 4.79 Å². The van der Waals surface area contributed by atoms with Crippen molar-refractivity contribution in [1.82, 2.24) is 14.9 Å². The van der Waals surface area contributed by atoms with E-state index < -0.39 is 11.8 Å². The van der Waals surface area contributed by atoms with Crippen LogP contribution in [0.1, 0.15) is 0 Å². The summed E-state index contributed by atoms with van der Waals surface area (Å²) in [5, 5.41) is 16.3. The summed E-state index contributed by atoms with van der Waals surface area (Å²) in [7, 11) is 0. The lowest BCUT2D eigenvalue weighted by atomic mass is 10.2. The number of rotatable bonds is 4. The number of halogens is 2. The van der Waals surface area contributed by atoms with E-state index in [-0.39, 0.29) is 21.8 Å². The third kappa shape index (κ3) is 2.96. The molecule has 19 heavy (non-hydrogen) atoms. The van der Waals surface area contributed by atoms with Crippen molar-refractivity contribution in [3.05, 3.63) is 29.0 Å². The third-order valence-electron chi connectivity index (χ3n) is 2.17. The molecule has 0 aliphatic rings. The molecule has 0 aliphatic heterocycles. The molecule has 0 bridgehead atoms. The van der Waals surface area contributed by atoms with Crippen molar-refractivity contribution in [2.24, 2.45) is 0 Å². The van der Waals surface area contributed by atoms with Gasteiger partial charge in [-0.15, -0.1) is 10.2 Å². The summed E-state index contributed by atoms with van der Waals surface area (Å²) in [4.78, 5) is 10.5. The van der Waals surface area contributed by atoms with E-state index in [1.807, 2.05) is 0 Å². The van der Waals surface area contributed by atoms with Crippen LogP contribution in [0, 0.1) is 5.82 Å². The van der Waals surface area contributed by atoms with Crippen molar-refractivity contribution >= 4 is 29.3 Å². The van der Waals surface area contributed by atoms with Gasteiger partial charge in [0, 0.05) is 5.56 Å². The first-order valence-electron chi connectivity index (χ1n) is 4.99. The van der Waals surface area contributed by atoms with Gasteiger partial charge in [-0.05, 0) is 18.2 Å². The first-order valence-corrected chi connectivity index (χ1v) is 6.36. The zero-order valence-electron chi connectivity index (χ0n) is 9.38. The Morgan fingerprint density at radius 2 is 2.26 bits per heavy atom. The lowest BCUT2D eigenvalue weighted by Gasteiger charge is -2.03. The smallest absolute Gasteiger partial charge is 0.313 e. The Hall–Kier alpha value is -1.80. The topological polar surface area (TPSA) is 94.0 Å². The van der Waals surface area contributed by atoms with E-state index in [0.717, 1.165) is 16.4 Å². The van der Waals surface area contributed by atoms with Crippen LogP contribution in [0.25, 0.3) is 11.4 Å². The third-order valence-corrected chi connectivity index (χ3v) is 3.40. The van der Waals surface area contributed by atoms with Crippen molar-refractivity contribution < 1.29 is 14.3 Å². The van der Waals surface area contributed by atoms with E-state index >= 15 is 0 Å². The van der Waals surface area contributed by atoms with Crippen molar-refractivity contribution in [1.29, 1.82) is 0 Å². The zero-order chi connectivity index (χ0) is 14.0. The minimum absolute atomic E-state index is 0.00712. The van der Waals surface area contributed by atoms with E-state index in [9.17, 15) is 9.18 Å². The molecule has 0 aliphatic carbocycles. The molecule has 0 amide bonds. The van der Waals surface area contributed by atoms with Crippen LogP contribution in [0.15, 0.2) is 23.4 Å². The van der Waals surface area contributed by atoms with Crippen molar-refractivity contribution in [2.75, 3.05) is 11.6 Å². The van der Waals surface area contributed by atoms with Crippen LogP contribution in [0.4, 0.5) is 4.39 Å². The summed E-state index contributed by atoms with van der Waals surface area (Å²) in [6.45, 7) is 0. The SMILES string of the molecule is Nn1c(SCC(=O)O)nnc1-c1ccc(Cl)c(F)c1. The van der Waals surface area contributed by atoms with Gasteiger partial charge >= 0.3 is 5.97 Å². The van der Waals surface area contributed by atoms with Gasteiger partial charge in [-0.2, -0.15) is 0 Å². The Bertz CT molecular complexity index is 634. The fourth-order valence-electron chi connectivity index (χ4n) is 1.33. The molecule has 1 heterocycles. The van der Waals surface area contributed by atoms with Gasteiger partial charge in [-0.3, -0.25) is 4.79 Å². The molecule has 0 unspecified atom stereocenters. The number of nitrogens with two attached hydrogens (primary N) is 1. The summed E-state index contributed by atoms with van der Waals surface area (Å²) >= 11 is 6.50. The molecule has 3 N–H and O–H groups in total. The molecule has 9 heteroatoms. The molecular formula is C10H8ClFN4O2S. The number of aromatic nitrogens is 3. The summed E-state index contributed by atoms with van der Waals surface area (Å²) < 4.78 is 14.5. The van der Waals surface area contributed by atoms with Crippen LogP contribution >= 0.6 is 23.4 Å². The molecule has 0 saturated carbocycles. The van der Waals surface area contributed by atoms with Gasteiger partial charge in [0.15, 0.2) is 5.82 Å². The largest absolute Gasteiger partial charge is 0.481 e. The molecular weight excluding hydrogens is 295 g/mol. The maximum absolute atomic E-state index is 13.3. The number of carbonyl (C=O) groups is 1. The van der Waals surface area contributed by atoms with Crippen molar-refractivity contribution in [2.45, 2.75) is 5.16 Å². The van der Waals surface area contributed by atoms with Gasteiger partial charge in [-0.25, -0.2) is 9.07 Å². The van der Waals surface area contributed by atoms with Gasteiger partial charge in [0.05, 0.1) is 10.8 Å². The number of carboxylic acids is 1. The molecule has 2 aromatic rings. The van der Waals surface area contributed by atoms with Gasteiger partial charge in [-0.1, -0.05) is 23.4 Å². The second-order valence-corrected chi connectivity index (χ2v) is 4.84. The summed E-state index contributed by atoms with van der Waals surface area (Å²) in [5.41, 5.74) is 0.402. The molecule has 0 fully saturated rings. The fourth-order valence-corrected chi connectivity index (χ4v) is 2.03. The number of aliphatic carboxylic acids is 1. The normalized spacial score (nSPS) is 10.6. The van der Waals surface area contributed by atoms with Gasteiger partial charge in [0.1, 0.15) is 5.82 Å². The van der Waals surface area contributed by atoms with Crippen LogP contribution in [0.3, 0.4) is 0 Å². The van der Waals surface area contributed by atoms with Crippen molar-refractivity contribution in [3.8, 4) is 11.4 Å². The van der Waals surface area contributed by atoms with Gasteiger partial charge in [0.25, 0.3) is 0 Å². The minimum atomic E-state index is -0.993. The minimum Gasteiger partial charge on any atom is -0.481 e. The number of carboxylic acid groups (broad SMARTS) is 1. The Balaban J connectivity index is 2.30. The van der Waals surface area contributed by atoms with Crippen LogP contribution in [0.2, 0.25) is 5.02 Å².